The standard InChI is InChI=1S/C14H20BrN3O/c1-4-16-13-12(6-11(15)7-17-13)14(19)18(3)8-10-5-9(10)2/h6-7,9-10H,4-5,8H2,1-3H3,(H,16,17). The van der Waals surface area contributed by atoms with Crippen LogP contribution in [0.1, 0.15) is 30.6 Å². The Morgan fingerprint density at radius 2 is 2.32 bits per heavy atom. The third-order valence-electron chi connectivity index (χ3n) is 3.56. The highest BCUT2D eigenvalue weighted by atomic mass is 79.9. The molecule has 1 aromatic rings. The van der Waals surface area contributed by atoms with Crippen LogP contribution >= 0.6 is 15.9 Å². The number of hydrogen-bond acceptors (Lipinski definition) is 3. The minimum atomic E-state index is 0.0313. The number of anilines is 1. The molecule has 104 valence electrons. The van der Waals surface area contributed by atoms with E-state index < -0.39 is 0 Å². The third-order valence-corrected chi connectivity index (χ3v) is 3.99. The van der Waals surface area contributed by atoms with Crippen LogP contribution in [0.25, 0.3) is 0 Å². The Morgan fingerprint density at radius 3 is 2.89 bits per heavy atom. The molecule has 19 heavy (non-hydrogen) atoms. The van der Waals surface area contributed by atoms with Gasteiger partial charge in [0.1, 0.15) is 5.82 Å². The largest absolute Gasteiger partial charge is 0.370 e. The molecular weight excluding hydrogens is 306 g/mol. The Hall–Kier alpha value is -1.10. The zero-order valence-corrected chi connectivity index (χ0v) is 13.2. The number of carbonyl (C=O) groups excluding carboxylic acids is 1. The lowest BCUT2D eigenvalue weighted by Gasteiger charge is -2.19. The monoisotopic (exact) mass is 325 g/mol. The normalized spacial score (nSPS) is 21.1. The van der Waals surface area contributed by atoms with E-state index in [1.807, 2.05) is 20.0 Å². The zero-order chi connectivity index (χ0) is 14.0. The summed E-state index contributed by atoms with van der Waals surface area (Å²) in [5.41, 5.74) is 0.632. The Kier molecular flexibility index (Phi) is 4.45. The summed E-state index contributed by atoms with van der Waals surface area (Å²) < 4.78 is 0.825. The number of amides is 1. The SMILES string of the molecule is CCNc1ncc(Br)cc1C(=O)N(C)CC1CC1C. The predicted molar refractivity (Wildman–Crippen MR) is 80.3 cm³/mol. The van der Waals surface area contributed by atoms with Gasteiger partial charge in [-0.15, -0.1) is 0 Å². The van der Waals surface area contributed by atoms with Gasteiger partial charge in [-0.2, -0.15) is 0 Å². The van der Waals surface area contributed by atoms with Gasteiger partial charge in [-0.1, -0.05) is 6.92 Å². The predicted octanol–water partition coefficient (Wildman–Crippen LogP) is 3.00. The van der Waals surface area contributed by atoms with Crippen molar-refractivity contribution in [3.8, 4) is 0 Å². The first-order chi connectivity index (χ1) is 9.02. The summed E-state index contributed by atoms with van der Waals surface area (Å²) in [6.07, 6.45) is 2.94. The highest BCUT2D eigenvalue weighted by Crippen LogP contribution is 2.38. The van der Waals surface area contributed by atoms with Gasteiger partial charge in [0.25, 0.3) is 5.91 Å². The Morgan fingerprint density at radius 1 is 1.63 bits per heavy atom. The van der Waals surface area contributed by atoms with Crippen LogP contribution in [0.15, 0.2) is 16.7 Å². The minimum Gasteiger partial charge on any atom is -0.370 e. The summed E-state index contributed by atoms with van der Waals surface area (Å²) in [4.78, 5) is 18.6. The molecule has 0 spiro atoms. The molecule has 1 aliphatic carbocycles. The van der Waals surface area contributed by atoms with Crippen molar-refractivity contribution in [2.24, 2.45) is 11.8 Å². The van der Waals surface area contributed by atoms with Crippen molar-refractivity contribution in [2.45, 2.75) is 20.3 Å². The van der Waals surface area contributed by atoms with Crippen LogP contribution in [0.3, 0.4) is 0 Å². The smallest absolute Gasteiger partial charge is 0.257 e. The average Bonchev–Trinajstić information content (AvgIpc) is 3.06. The molecule has 0 bridgehead atoms. The highest BCUT2D eigenvalue weighted by Gasteiger charge is 2.34. The first-order valence-corrected chi connectivity index (χ1v) is 7.47. The Labute approximate surface area is 122 Å². The first kappa shape index (κ1) is 14.3. The summed E-state index contributed by atoms with van der Waals surface area (Å²) >= 11 is 3.38. The molecule has 1 N–H and O–H groups in total. The van der Waals surface area contributed by atoms with Gasteiger partial charge < -0.3 is 10.2 Å². The molecule has 4 nitrogen and oxygen atoms in total. The van der Waals surface area contributed by atoms with Crippen LogP contribution in [0, 0.1) is 11.8 Å². The number of pyridine rings is 1. The molecular formula is C14H20BrN3O. The Bertz CT molecular complexity index is 478. The van der Waals surface area contributed by atoms with Crippen LogP contribution in [-0.2, 0) is 0 Å². The molecule has 0 aliphatic heterocycles. The molecule has 1 aliphatic rings. The lowest BCUT2D eigenvalue weighted by molar-refractivity contribution is 0.0787. The van der Waals surface area contributed by atoms with Crippen molar-refractivity contribution in [3.05, 3.63) is 22.3 Å². The fourth-order valence-electron chi connectivity index (χ4n) is 2.20. The molecule has 5 heteroatoms. The summed E-state index contributed by atoms with van der Waals surface area (Å²) in [5, 5.41) is 3.14. The lowest BCUT2D eigenvalue weighted by atomic mass is 10.2. The second kappa shape index (κ2) is 5.90. The molecule has 1 saturated carbocycles. The molecule has 1 heterocycles. The summed E-state index contributed by atoms with van der Waals surface area (Å²) in [6, 6.07) is 1.83. The lowest BCUT2D eigenvalue weighted by Crippen LogP contribution is -2.30. The topological polar surface area (TPSA) is 45.2 Å². The third kappa shape index (κ3) is 3.47. The number of aromatic nitrogens is 1. The van der Waals surface area contributed by atoms with Crippen LogP contribution in [0.5, 0.6) is 0 Å². The van der Waals surface area contributed by atoms with Gasteiger partial charge >= 0.3 is 0 Å². The van der Waals surface area contributed by atoms with Crippen LogP contribution in [0.4, 0.5) is 5.82 Å². The van der Waals surface area contributed by atoms with E-state index in [2.05, 4.69) is 33.2 Å². The van der Waals surface area contributed by atoms with Crippen LogP contribution in [0.2, 0.25) is 0 Å². The van der Waals surface area contributed by atoms with E-state index in [1.54, 1.807) is 11.1 Å². The van der Waals surface area contributed by atoms with E-state index in [0.29, 0.717) is 17.3 Å². The number of hydrogen-bond donors (Lipinski definition) is 1. The quantitative estimate of drug-likeness (QED) is 0.905. The van der Waals surface area contributed by atoms with Crippen molar-refractivity contribution >= 4 is 27.7 Å². The average molecular weight is 326 g/mol. The maximum atomic E-state index is 12.5. The molecule has 2 unspecified atom stereocenters. The van der Waals surface area contributed by atoms with Gasteiger partial charge in [-0.25, -0.2) is 4.98 Å². The number of carbonyl (C=O) groups is 1. The highest BCUT2D eigenvalue weighted by molar-refractivity contribution is 9.10. The number of nitrogens with one attached hydrogen (secondary N) is 1. The first-order valence-electron chi connectivity index (χ1n) is 6.67. The summed E-state index contributed by atoms with van der Waals surface area (Å²) in [7, 11) is 1.87. The second-order valence-corrected chi connectivity index (χ2v) is 6.15. The zero-order valence-electron chi connectivity index (χ0n) is 11.6. The van der Waals surface area contributed by atoms with Crippen molar-refractivity contribution in [3.63, 3.8) is 0 Å². The van der Waals surface area contributed by atoms with Crippen molar-refractivity contribution in [1.29, 1.82) is 0 Å². The molecule has 0 saturated heterocycles. The van der Waals surface area contributed by atoms with Crippen molar-refractivity contribution in [1.82, 2.24) is 9.88 Å². The van der Waals surface area contributed by atoms with E-state index in [1.165, 1.54) is 6.42 Å². The molecule has 0 aromatic carbocycles. The van der Waals surface area contributed by atoms with E-state index in [4.69, 9.17) is 0 Å². The fourth-order valence-corrected chi connectivity index (χ4v) is 2.54. The van der Waals surface area contributed by atoms with Crippen molar-refractivity contribution < 1.29 is 4.79 Å². The molecule has 1 aromatic heterocycles. The number of rotatable bonds is 5. The summed E-state index contributed by atoms with van der Waals surface area (Å²) in [6.45, 7) is 5.80. The minimum absolute atomic E-state index is 0.0313. The molecule has 1 fully saturated rings. The molecule has 1 amide bonds. The molecule has 2 rings (SSSR count). The van der Waals surface area contributed by atoms with E-state index in [-0.39, 0.29) is 5.91 Å². The number of nitrogens with zero attached hydrogens (tertiary/aromatic N) is 2. The van der Waals surface area contributed by atoms with E-state index >= 15 is 0 Å². The van der Waals surface area contributed by atoms with Gasteiger partial charge in [-0.3, -0.25) is 4.79 Å². The molecule has 2 atom stereocenters. The van der Waals surface area contributed by atoms with Gasteiger partial charge in [0.2, 0.25) is 0 Å². The molecule has 0 radical (unpaired) electrons. The van der Waals surface area contributed by atoms with Crippen LogP contribution in [-0.4, -0.2) is 35.9 Å². The van der Waals surface area contributed by atoms with E-state index in [9.17, 15) is 4.79 Å². The van der Waals surface area contributed by atoms with Crippen LogP contribution < -0.4 is 5.32 Å². The van der Waals surface area contributed by atoms with Gasteiger partial charge in [0.05, 0.1) is 5.56 Å². The summed E-state index contributed by atoms with van der Waals surface area (Å²) in [5.74, 6) is 2.11. The maximum absolute atomic E-state index is 12.5. The van der Waals surface area contributed by atoms with Gasteiger partial charge in [0.15, 0.2) is 0 Å². The fraction of sp³-hybridized carbons (Fsp3) is 0.571. The van der Waals surface area contributed by atoms with Gasteiger partial charge in [-0.05, 0) is 47.2 Å². The second-order valence-electron chi connectivity index (χ2n) is 5.24. The number of halogens is 1. The van der Waals surface area contributed by atoms with Gasteiger partial charge in [0, 0.05) is 30.8 Å². The maximum Gasteiger partial charge on any atom is 0.257 e. The van der Waals surface area contributed by atoms with Crippen molar-refractivity contribution in [2.75, 3.05) is 25.5 Å². The Balaban J connectivity index is 2.14. The van der Waals surface area contributed by atoms with E-state index in [0.717, 1.165) is 23.5 Å².